The third-order valence-electron chi connectivity index (χ3n) is 3.11. The third kappa shape index (κ3) is 6.06. The largest absolute Gasteiger partial charge is 0.379 e. The highest BCUT2D eigenvalue weighted by Crippen LogP contribution is 2.10. The van der Waals surface area contributed by atoms with Crippen molar-refractivity contribution in [2.45, 2.75) is 6.42 Å². The zero-order valence-electron chi connectivity index (χ0n) is 11.3. The first-order valence-corrected chi connectivity index (χ1v) is 6.88. The predicted molar refractivity (Wildman–Crippen MR) is 84.6 cm³/mol. The van der Waals surface area contributed by atoms with E-state index < -0.39 is 0 Å². The predicted octanol–water partition coefficient (Wildman–Crippen LogP) is 3.07. The van der Waals surface area contributed by atoms with Gasteiger partial charge in [-0.2, -0.15) is 0 Å². The summed E-state index contributed by atoms with van der Waals surface area (Å²) in [5, 5.41) is 0.704. The van der Waals surface area contributed by atoms with Gasteiger partial charge in [0.05, 0.1) is 13.2 Å². The van der Waals surface area contributed by atoms with Crippen molar-refractivity contribution < 1.29 is 9.53 Å². The molecule has 1 aliphatic heterocycles. The zero-order valence-corrected chi connectivity index (χ0v) is 12.8. The van der Waals surface area contributed by atoms with Crippen LogP contribution in [0.5, 0.6) is 0 Å². The lowest BCUT2D eigenvalue weighted by Crippen LogP contribution is -2.37. The zero-order chi connectivity index (χ0) is 13.5. The van der Waals surface area contributed by atoms with Crippen molar-refractivity contribution >= 4 is 35.9 Å². The van der Waals surface area contributed by atoms with E-state index in [1.54, 1.807) is 6.08 Å². The molecule has 1 saturated heterocycles. The lowest BCUT2D eigenvalue weighted by Gasteiger charge is -2.25. The lowest BCUT2D eigenvalue weighted by atomic mass is 10.1. The molecule has 0 saturated carbocycles. The maximum absolute atomic E-state index is 11.8. The van der Waals surface area contributed by atoms with E-state index in [2.05, 4.69) is 4.90 Å². The molecule has 0 amide bonds. The first-order chi connectivity index (χ1) is 9.24. The van der Waals surface area contributed by atoms with Crippen LogP contribution in [-0.2, 0) is 9.53 Å². The molecule has 20 heavy (non-hydrogen) atoms. The van der Waals surface area contributed by atoms with Crippen molar-refractivity contribution in [3.8, 4) is 0 Å². The van der Waals surface area contributed by atoms with Gasteiger partial charge in [0.25, 0.3) is 0 Å². The summed E-state index contributed by atoms with van der Waals surface area (Å²) in [7, 11) is 0. The van der Waals surface area contributed by atoms with Crippen LogP contribution in [-0.4, -0.2) is 43.5 Å². The molecule has 110 valence electrons. The van der Waals surface area contributed by atoms with Gasteiger partial charge in [0.15, 0.2) is 5.78 Å². The molecule has 1 heterocycles. The summed E-state index contributed by atoms with van der Waals surface area (Å²) in [6, 6.07) is 7.43. The Kier molecular flexibility index (Phi) is 7.85. The van der Waals surface area contributed by atoms with Crippen LogP contribution in [0.25, 0.3) is 6.08 Å². The second-order valence-electron chi connectivity index (χ2n) is 4.56. The summed E-state index contributed by atoms with van der Waals surface area (Å²) in [6.07, 6.45) is 4.03. The fourth-order valence-corrected chi connectivity index (χ4v) is 2.07. The fourth-order valence-electron chi connectivity index (χ4n) is 1.94. The number of hydrogen-bond acceptors (Lipinski definition) is 3. The quantitative estimate of drug-likeness (QED) is 0.782. The van der Waals surface area contributed by atoms with Crippen LogP contribution in [0.1, 0.15) is 12.0 Å². The maximum Gasteiger partial charge on any atom is 0.156 e. The summed E-state index contributed by atoms with van der Waals surface area (Å²) in [6.45, 7) is 4.21. The van der Waals surface area contributed by atoms with Crippen LogP contribution in [0.15, 0.2) is 30.3 Å². The molecule has 1 fully saturated rings. The average molecular weight is 316 g/mol. The Bertz CT molecular complexity index is 440. The van der Waals surface area contributed by atoms with Crippen LogP contribution >= 0.6 is 24.0 Å². The van der Waals surface area contributed by atoms with Crippen molar-refractivity contribution in [3.63, 3.8) is 0 Å². The molecule has 2 rings (SSSR count). The molecule has 0 aromatic heterocycles. The number of ketones is 1. The Labute approximate surface area is 131 Å². The van der Waals surface area contributed by atoms with Crippen LogP contribution in [0.2, 0.25) is 5.02 Å². The summed E-state index contributed by atoms with van der Waals surface area (Å²) < 4.78 is 5.27. The minimum absolute atomic E-state index is 0. The second kappa shape index (κ2) is 9.14. The molecule has 0 unspecified atom stereocenters. The highest BCUT2D eigenvalue weighted by atomic mass is 35.5. The molecular formula is C15H19Cl2NO2. The molecule has 5 heteroatoms. The minimum atomic E-state index is 0. The van der Waals surface area contributed by atoms with E-state index in [4.69, 9.17) is 16.3 Å². The number of rotatable bonds is 5. The van der Waals surface area contributed by atoms with E-state index in [-0.39, 0.29) is 18.2 Å². The fraction of sp³-hybridized carbons (Fsp3) is 0.400. The van der Waals surface area contributed by atoms with Gasteiger partial charge in [0.1, 0.15) is 0 Å². The van der Waals surface area contributed by atoms with Gasteiger partial charge in [0.2, 0.25) is 0 Å². The third-order valence-corrected chi connectivity index (χ3v) is 3.36. The van der Waals surface area contributed by atoms with Crippen molar-refractivity contribution in [1.29, 1.82) is 0 Å². The molecule has 0 aliphatic carbocycles. The summed E-state index contributed by atoms with van der Waals surface area (Å²) in [5.41, 5.74) is 0.990. The molecule has 3 nitrogen and oxygen atoms in total. The monoisotopic (exact) mass is 315 g/mol. The van der Waals surface area contributed by atoms with E-state index in [9.17, 15) is 4.79 Å². The Hall–Kier alpha value is -0.870. The Balaban J connectivity index is 0.00000200. The normalized spacial score (nSPS) is 16.1. The van der Waals surface area contributed by atoms with Crippen molar-refractivity contribution in [2.75, 3.05) is 32.8 Å². The average Bonchev–Trinajstić information content (AvgIpc) is 2.45. The van der Waals surface area contributed by atoms with Crippen molar-refractivity contribution in [3.05, 3.63) is 40.9 Å². The van der Waals surface area contributed by atoms with E-state index in [0.29, 0.717) is 11.4 Å². The number of ether oxygens (including phenoxy) is 1. The number of carbonyl (C=O) groups excluding carboxylic acids is 1. The summed E-state index contributed by atoms with van der Waals surface area (Å²) >= 11 is 5.80. The molecular weight excluding hydrogens is 297 g/mol. The van der Waals surface area contributed by atoms with Gasteiger partial charge in [-0.1, -0.05) is 29.8 Å². The van der Waals surface area contributed by atoms with Gasteiger partial charge in [-0.15, -0.1) is 12.4 Å². The number of allylic oxidation sites excluding steroid dienone is 1. The minimum Gasteiger partial charge on any atom is -0.379 e. The molecule has 0 spiro atoms. The summed E-state index contributed by atoms with van der Waals surface area (Å²) in [4.78, 5) is 14.0. The number of halogens is 2. The number of carbonyl (C=O) groups is 1. The molecule has 1 aromatic carbocycles. The first kappa shape index (κ1) is 17.2. The number of nitrogens with zero attached hydrogens (tertiary/aromatic N) is 1. The van der Waals surface area contributed by atoms with Crippen LogP contribution in [0.3, 0.4) is 0 Å². The highest BCUT2D eigenvalue weighted by molar-refractivity contribution is 6.30. The maximum atomic E-state index is 11.8. The Morgan fingerprint density at radius 3 is 2.55 bits per heavy atom. The van der Waals surface area contributed by atoms with Crippen LogP contribution < -0.4 is 0 Å². The molecule has 0 radical (unpaired) electrons. The van der Waals surface area contributed by atoms with Gasteiger partial charge in [0, 0.05) is 31.1 Å². The van der Waals surface area contributed by atoms with Crippen LogP contribution in [0.4, 0.5) is 0 Å². The summed E-state index contributed by atoms with van der Waals surface area (Å²) in [5.74, 6) is 0.154. The first-order valence-electron chi connectivity index (χ1n) is 6.50. The van der Waals surface area contributed by atoms with Crippen molar-refractivity contribution in [2.24, 2.45) is 0 Å². The molecule has 0 atom stereocenters. The van der Waals surface area contributed by atoms with Gasteiger partial charge < -0.3 is 4.74 Å². The Morgan fingerprint density at radius 2 is 1.90 bits per heavy atom. The molecule has 1 aliphatic rings. The highest BCUT2D eigenvalue weighted by Gasteiger charge is 2.10. The van der Waals surface area contributed by atoms with Gasteiger partial charge >= 0.3 is 0 Å². The van der Waals surface area contributed by atoms with Gasteiger partial charge in [-0.3, -0.25) is 9.69 Å². The van der Waals surface area contributed by atoms with Gasteiger partial charge in [-0.25, -0.2) is 0 Å². The Morgan fingerprint density at radius 1 is 1.25 bits per heavy atom. The molecule has 1 aromatic rings. The molecule has 0 bridgehead atoms. The smallest absolute Gasteiger partial charge is 0.156 e. The number of benzene rings is 1. The number of hydrogen-bond donors (Lipinski definition) is 0. The van der Waals surface area contributed by atoms with E-state index in [0.717, 1.165) is 38.4 Å². The van der Waals surface area contributed by atoms with Crippen molar-refractivity contribution in [1.82, 2.24) is 4.90 Å². The second-order valence-corrected chi connectivity index (χ2v) is 4.99. The van der Waals surface area contributed by atoms with Crippen LogP contribution in [0, 0.1) is 0 Å². The van der Waals surface area contributed by atoms with E-state index in [1.807, 2.05) is 30.3 Å². The van der Waals surface area contributed by atoms with E-state index in [1.165, 1.54) is 0 Å². The standard InChI is InChI=1S/C15H18ClNO2.ClH/c16-14-4-1-13(2-5-14)3-6-15(18)7-8-17-9-11-19-12-10-17;/h1-6H,7-12H2;1H. The van der Waals surface area contributed by atoms with E-state index >= 15 is 0 Å². The van der Waals surface area contributed by atoms with Gasteiger partial charge in [-0.05, 0) is 23.8 Å². The number of morpholine rings is 1. The topological polar surface area (TPSA) is 29.5 Å². The molecule has 0 N–H and O–H groups in total. The SMILES string of the molecule is Cl.O=C(C=Cc1ccc(Cl)cc1)CCN1CCOCC1. The lowest BCUT2D eigenvalue weighted by molar-refractivity contribution is -0.115.